The molecule has 21 heavy (non-hydrogen) atoms. The second-order valence-corrected chi connectivity index (χ2v) is 6.62. The van der Waals surface area contributed by atoms with E-state index in [1.165, 1.54) is 18.5 Å². The summed E-state index contributed by atoms with van der Waals surface area (Å²) in [5.74, 6) is 0.594. The summed E-state index contributed by atoms with van der Waals surface area (Å²) in [5, 5.41) is 1.15. The van der Waals surface area contributed by atoms with Gasteiger partial charge in [-0.05, 0) is 24.8 Å². The molecule has 1 saturated carbocycles. The number of nitrogens with zero attached hydrogens (tertiary/aromatic N) is 2. The molecule has 1 fully saturated rings. The van der Waals surface area contributed by atoms with E-state index in [9.17, 15) is 0 Å². The van der Waals surface area contributed by atoms with E-state index >= 15 is 0 Å². The van der Waals surface area contributed by atoms with Crippen molar-refractivity contribution >= 4 is 33.8 Å². The van der Waals surface area contributed by atoms with Gasteiger partial charge in [-0.3, -0.25) is 4.98 Å². The summed E-state index contributed by atoms with van der Waals surface area (Å²) in [4.78, 5) is 7.43. The zero-order valence-electron chi connectivity index (χ0n) is 12.5. The molecule has 0 saturated heterocycles. The Hall–Kier alpha value is -1.68. The molecule has 0 amide bonds. The van der Waals surface area contributed by atoms with Crippen LogP contribution in [-0.2, 0) is 0 Å². The molecule has 0 aliphatic heterocycles. The molecule has 0 bridgehead atoms. The molecule has 0 spiro atoms. The van der Waals surface area contributed by atoms with Crippen LogP contribution in [0.5, 0.6) is 0 Å². The molecule has 1 heterocycles. The van der Waals surface area contributed by atoms with Crippen LogP contribution in [0.4, 0.5) is 5.69 Å². The fraction of sp³-hybridized carbons (Fsp3) is 0.412. The highest BCUT2D eigenvalue weighted by Gasteiger charge is 2.32. The van der Waals surface area contributed by atoms with Crippen molar-refractivity contribution in [2.24, 2.45) is 11.7 Å². The second-order valence-electron chi connectivity index (χ2n) is 6.18. The van der Waals surface area contributed by atoms with Crippen molar-refractivity contribution in [3.05, 3.63) is 36.0 Å². The minimum absolute atomic E-state index is 0.428. The Labute approximate surface area is 131 Å². The van der Waals surface area contributed by atoms with Gasteiger partial charge in [0.1, 0.15) is 4.99 Å². The maximum Gasteiger partial charge on any atom is 0.107 e. The number of aromatic nitrogens is 1. The van der Waals surface area contributed by atoms with E-state index in [-0.39, 0.29) is 0 Å². The van der Waals surface area contributed by atoms with E-state index in [1.807, 2.05) is 18.3 Å². The normalized spacial score (nSPS) is 14.6. The Balaban J connectivity index is 2.21. The average Bonchev–Trinajstić information content (AvgIpc) is 3.28. The summed E-state index contributed by atoms with van der Waals surface area (Å²) < 4.78 is 0. The van der Waals surface area contributed by atoms with Gasteiger partial charge >= 0.3 is 0 Å². The quantitative estimate of drug-likeness (QED) is 0.858. The molecule has 110 valence electrons. The molecule has 4 heteroatoms. The first-order valence-electron chi connectivity index (χ1n) is 7.52. The van der Waals surface area contributed by atoms with Crippen molar-refractivity contribution in [3.63, 3.8) is 0 Å². The monoisotopic (exact) mass is 299 g/mol. The van der Waals surface area contributed by atoms with Gasteiger partial charge in [-0.25, -0.2) is 0 Å². The first-order valence-corrected chi connectivity index (χ1v) is 7.93. The molecule has 0 atom stereocenters. The standard InChI is InChI=1S/C17H21N3S/c1-11(2)10-20(12-7-8-12)16-13-5-3-4-6-15(13)19-9-14(16)17(18)21/h3-6,9,11-12H,7-8,10H2,1-2H3,(H2,18,21). The van der Waals surface area contributed by atoms with E-state index in [0.29, 0.717) is 16.9 Å². The Morgan fingerprint density at radius 1 is 1.38 bits per heavy atom. The van der Waals surface area contributed by atoms with Gasteiger partial charge < -0.3 is 10.6 Å². The Morgan fingerprint density at radius 3 is 2.71 bits per heavy atom. The SMILES string of the molecule is CC(C)CN(c1c(C(N)=S)cnc2ccccc12)C1CC1. The largest absolute Gasteiger partial charge is 0.389 e. The molecule has 1 aromatic heterocycles. The Kier molecular flexibility index (Phi) is 3.81. The smallest absolute Gasteiger partial charge is 0.107 e. The van der Waals surface area contributed by atoms with Crippen LogP contribution in [0.1, 0.15) is 32.3 Å². The molecule has 2 aromatic rings. The van der Waals surface area contributed by atoms with Crippen LogP contribution in [-0.4, -0.2) is 22.6 Å². The van der Waals surface area contributed by atoms with Gasteiger partial charge in [0.2, 0.25) is 0 Å². The minimum Gasteiger partial charge on any atom is -0.389 e. The molecule has 1 aromatic carbocycles. The van der Waals surface area contributed by atoms with Crippen LogP contribution in [0.25, 0.3) is 10.9 Å². The van der Waals surface area contributed by atoms with Crippen molar-refractivity contribution in [2.45, 2.75) is 32.7 Å². The first kappa shape index (κ1) is 14.3. The topological polar surface area (TPSA) is 42.1 Å². The van der Waals surface area contributed by atoms with Gasteiger partial charge in [-0.2, -0.15) is 0 Å². The molecule has 0 unspecified atom stereocenters. The number of pyridine rings is 1. The summed E-state index contributed by atoms with van der Waals surface area (Å²) >= 11 is 5.26. The molecular weight excluding hydrogens is 278 g/mol. The molecule has 0 radical (unpaired) electrons. The van der Waals surface area contributed by atoms with Gasteiger partial charge in [-0.15, -0.1) is 0 Å². The minimum atomic E-state index is 0.428. The summed E-state index contributed by atoms with van der Waals surface area (Å²) in [6, 6.07) is 8.85. The average molecular weight is 299 g/mol. The highest BCUT2D eigenvalue weighted by molar-refractivity contribution is 7.80. The molecule has 3 rings (SSSR count). The summed E-state index contributed by atoms with van der Waals surface area (Å²) in [6.07, 6.45) is 4.33. The lowest BCUT2D eigenvalue weighted by molar-refractivity contribution is 0.608. The lowest BCUT2D eigenvalue weighted by Crippen LogP contribution is -2.32. The zero-order chi connectivity index (χ0) is 15.0. The summed E-state index contributed by atoms with van der Waals surface area (Å²) in [6.45, 7) is 5.52. The van der Waals surface area contributed by atoms with E-state index in [1.54, 1.807) is 0 Å². The van der Waals surface area contributed by atoms with E-state index in [4.69, 9.17) is 18.0 Å². The molecule has 2 N–H and O–H groups in total. The number of thiocarbonyl (C=S) groups is 1. The first-order chi connectivity index (χ1) is 10.1. The molecule has 1 aliphatic carbocycles. The fourth-order valence-corrected chi connectivity index (χ4v) is 2.97. The number of nitrogens with two attached hydrogens (primary N) is 1. The predicted molar refractivity (Wildman–Crippen MR) is 92.8 cm³/mol. The number of fused-ring (bicyclic) bond motifs is 1. The highest BCUT2D eigenvalue weighted by atomic mass is 32.1. The van der Waals surface area contributed by atoms with Crippen LogP contribution >= 0.6 is 12.2 Å². The second kappa shape index (κ2) is 5.60. The third-order valence-corrected chi connectivity index (χ3v) is 4.07. The van der Waals surface area contributed by atoms with Crippen molar-refractivity contribution in [3.8, 4) is 0 Å². The van der Waals surface area contributed by atoms with Crippen LogP contribution in [0.3, 0.4) is 0 Å². The van der Waals surface area contributed by atoms with Crippen molar-refractivity contribution < 1.29 is 0 Å². The Morgan fingerprint density at radius 2 is 2.10 bits per heavy atom. The van der Waals surface area contributed by atoms with Gasteiger partial charge in [0.05, 0.1) is 16.8 Å². The lowest BCUT2D eigenvalue weighted by atomic mass is 10.1. The lowest BCUT2D eigenvalue weighted by Gasteiger charge is -2.29. The van der Waals surface area contributed by atoms with E-state index in [2.05, 4.69) is 35.9 Å². The van der Waals surface area contributed by atoms with Gasteiger partial charge in [0, 0.05) is 24.2 Å². The predicted octanol–water partition coefficient (Wildman–Crippen LogP) is 3.49. The van der Waals surface area contributed by atoms with Gasteiger partial charge in [0.25, 0.3) is 0 Å². The third kappa shape index (κ3) is 2.86. The summed E-state index contributed by atoms with van der Waals surface area (Å²) in [5.41, 5.74) is 9.03. The number of hydrogen-bond donors (Lipinski definition) is 1. The maximum atomic E-state index is 5.96. The maximum absolute atomic E-state index is 5.96. The van der Waals surface area contributed by atoms with E-state index < -0.39 is 0 Å². The number of para-hydroxylation sites is 1. The number of benzene rings is 1. The van der Waals surface area contributed by atoms with E-state index in [0.717, 1.165) is 23.0 Å². The number of rotatable bonds is 5. The van der Waals surface area contributed by atoms with Crippen LogP contribution in [0.15, 0.2) is 30.5 Å². The fourth-order valence-electron chi connectivity index (χ4n) is 2.82. The van der Waals surface area contributed by atoms with Crippen LogP contribution < -0.4 is 10.6 Å². The third-order valence-electron chi connectivity index (χ3n) is 3.85. The summed E-state index contributed by atoms with van der Waals surface area (Å²) in [7, 11) is 0. The van der Waals surface area contributed by atoms with Crippen molar-refractivity contribution in [1.29, 1.82) is 0 Å². The van der Waals surface area contributed by atoms with Crippen LogP contribution in [0.2, 0.25) is 0 Å². The molecule has 1 aliphatic rings. The number of anilines is 1. The van der Waals surface area contributed by atoms with Crippen molar-refractivity contribution in [2.75, 3.05) is 11.4 Å². The highest BCUT2D eigenvalue weighted by Crippen LogP contribution is 2.38. The van der Waals surface area contributed by atoms with Crippen LogP contribution in [0, 0.1) is 5.92 Å². The van der Waals surface area contributed by atoms with Gasteiger partial charge in [0.15, 0.2) is 0 Å². The zero-order valence-corrected chi connectivity index (χ0v) is 13.4. The Bertz CT molecular complexity index is 677. The molecular formula is C17H21N3S. The molecule has 3 nitrogen and oxygen atoms in total. The number of hydrogen-bond acceptors (Lipinski definition) is 3. The van der Waals surface area contributed by atoms with Crippen molar-refractivity contribution in [1.82, 2.24) is 4.98 Å². The van der Waals surface area contributed by atoms with Gasteiger partial charge in [-0.1, -0.05) is 44.3 Å².